The second kappa shape index (κ2) is 3.25. The predicted molar refractivity (Wildman–Crippen MR) is 53.7 cm³/mol. The van der Waals surface area contributed by atoms with Gasteiger partial charge in [0.05, 0.1) is 0 Å². The van der Waals surface area contributed by atoms with E-state index >= 15 is 0 Å². The molecule has 0 radical (unpaired) electrons. The smallest absolute Gasteiger partial charge is 0.0176 e. The van der Waals surface area contributed by atoms with E-state index in [1.54, 1.807) is 0 Å². The van der Waals surface area contributed by atoms with E-state index in [1.807, 2.05) is 0 Å². The molecule has 1 aliphatic carbocycles. The molecule has 0 aromatic carbocycles. The predicted octanol–water partition coefficient (Wildman–Crippen LogP) is 1.08. The van der Waals surface area contributed by atoms with E-state index in [1.165, 1.54) is 51.9 Å². The summed E-state index contributed by atoms with van der Waals surface area (Å²) in [6.45, 7) is 5.35. The lowest BCUT2D eigenvalue weighted by Gasteiger charge is -2.55. The van der Waals surface area contributed by atoms with Gasteiger partial charge in [-0.15, -0.1) is 0 Å². The number of nitrogens with one attached hydrogen (secondary N) is 1. The van der Waals surface area contributed by atoms with E-state index < -0.39 is 0 Å². The Labute approximate surface area is 80.7 Å². The first-order valence-electron chi connectivity index (χ1n) is 5.90. The summed E-state index contributed by atoms with van der Waals surface area (Å²) in [5.41, 5.74) is 0. The van der Waals surface area contributed by atoms with Crippen molar-refractivity contribution < 1.29 is 0 Å². The Bertz CT molecular complexity index is 173. The molecule has 3 rings (SSSR count). The molecule has 3 aliphatic rings. The van der Waals surface area contributed by atoms with E-state index in [9.17, 15) is 0 Å². The standard InChI is InChI=1S/C11H20N2/c1-2-4-13(5-3-1)11-9-6-10(11)8-12-7-9/h9-12H,1-8H2. The number of nitrogens with zero attached hydrogens (tertiary/aromatic N) is 1. The number of hydrogen-bond acceptors (Lipinski definition) is 2. The van der Waals surface area contributed by atoms with Crippen LogP contribution in [-0.4, -0.2) is 37.1 Å². The zero-order valence-corrected chi connectivity index (χ0v) is 8.34. The number of likely N-dealkylation sites (tertiary alicyclic amines) is 1. The van der Waals surface area contributed by atoms with Crippen molar-refractivity contribution in [3.63, 3.8) is 0 Å². The minimum Gasteiger partial charge on any atom is -0.316 e. The Kier molecular flexibility index (Phi) is 2.06. The molecule has 0 aromatic heterocycles. The fourth-order valence-corrected chi connectivity index (χ4v) is 3.53. The second-order valence-electron chi connectivity index (χ2n) is 5.00. The first-order valence-corrected chi connectivity index (χ1v) is 5.90. The van der Waals surface area contributed by atoms with Gasteiger partial charge in [-0.1, -0.05) is 6.42 Å². The molecule has 2 atom stereocenters. The summed E-state index contributed by atoms with van der Waals surface area (Å²) in [5, 5.41) is 3.53. The Morgan fingerprint density at radius 1 is 0.923 bits per heavy atom. The molecule has 2 aliphatic heterocycles. The minimum absolute atomic E-state index is 0.974. The third-order valence-electron chi connectivity index (χ3n) is 4.20. The van der Waals surface area contributed by atoms with Gasteiger partial charge >= 0.3 is 0 Å². The van der Waals surface area contributed by atoms with Crippen LogP contribution in [0, 0.1) is 11.8 Å². The molecule has 13 heavy (non-hydrogen) atoms. The Morgan fingerprint density at radius 3 is 2.23 bits per heavy atom. The maximum atomic E-state index is 3.53. The average Bonchev–Trinajstić information content (AvgIpc) is 2.20. The van der Waals surface area contributed by atoms with Gasteiger partial charge in [-0.3, -0.25) is 4.90 Å². The van der Waals surface area contributed by atoms with Crippen LogP contribution >= 0.6 is 0 Å². The van der Waals surface area contributed by atoms with Gasteiger partial charge in [0, 0.05) is 6.04 Å². The van der Waals surface area contributed by atoms with Gasteiger partial charge in [0.15, 0.2) is 0 Å². The van der Waals surface area contributed by atoms with Crippen LogP contribution in [0.4, 0.5) is 0 Å². The molecule has 3 fully saturated rings. The summed E-state index contributed by atoms with van der Waals surface area (Å²) in [5.74, 6) is 1.99. The van der Waals surface area contributed by atoms with E-state index in [-0.39, 0.29) is 0 Å². The molecule has 2 heteroatoms. The van der Waals surface area contributed by atoms with Crippen LogP contribution in [0.2, 0.25) is 0 Å². The lowest BCUT2D eigenvalue weighted by molar-refractivity contribution is -0.0343. The summed E-state index contributed by atoms with van der Waals surface area (Å²) in [6.07, 6.45) is 5.87. The molecular formula is C11H20N2. The Morgan fingerprint density at radius 2 is 1.62 bits per heavy atom. The highest BCUT2D eigenvalue weighted by Crippen LogP contribution is 2.41. The van der Waals surface area contributed by atoms with Gasteiger partial charge in [0.2, 0.25) is 0 Å². The van der Waals surface area contributed by atoms with Crippen molar-refractivity contribution in [2.45, 2.75) is 31.7 Å². The highest BCUT2D eigenvalue weighted by atomic mass is 15.2. The highest BCUT2D eigenvalue weighted by Gasteiger charge is 2.46. The average molecular weight is 180 g/mol. The van der Waals surface area contributed by atoms with Crippen LogP contribution in [0.3, 0.4) is 0 Å². The fourth-order valence-electron chi connectivity index (χ4n) is 3.53. The maximum Gasteiger partial charge on any atom is 0.0176 e. The molecule has 2 saturated heterocycles. The summed E-state index contributed by atoms with van der Waals surface area (Å²) >= 11 is 0. The van der Waals surface area contributed by atoms with Crippen molar-refractivity contribution >= 4 is 0 Å². The number of piperidine rings is 3. The summed E-state index contributed by atoms with van der Waals surface area (Å²) in [7, 11) is 0. The van der Waals surface area contributed by atoms with Gasteiger partial charge in [-0.2, -0.15) is 0 Å². The van der Waals surface area contributed by atoms with Crippen molar-refractivity contribution in [1.82, 2.24) is 10.2 Å². The zero-order chi connectivity index (χ0) is 8.67. The molecule has 74 valence electrons. The third kappa shape index (κ3) is 1.31. The van der Waals surface area contributed by atoms with Gasteiger partial charge in [-0.05, 0) is 57.3 Å². The highest BCUT2D eigenvalue weighted by molar-refractivity contribution is 5.01. The number of fused-ring (bicyclic) bond motifs is 2. The molecule has 0 spiro atoms. The van der Waals surface area contributed by atoms with Crippen molar-refractivity contribution in [2.24, 2.45) is 11.8 Å². The van der Waals surface area contributed by atoms with Crippen LogP contribution in [0.1, 0.15) is 25.7 Å². The zero-order valence-electron chi connectivity index (χ0n) is 8.34. The van der Waals surface area contributed by atoms with Crippen molar-refractivity contribution in [3.05, 3.63) is 0 Å². The Hall–Kier alpha value is -0.0800. The van der Waals surface area contributed by atoms with Gasteiger partial charge in [-0.25, -0.2) is 0 Å². The Balaban J connectivity index is 1.64. The number of hydrogen-bond donors (Lipinski definition) is 1. The van der Waals surface area contributed by atoms with Crippen LogP contribution in [0.15, 0.2) is 0 Å². The third-order valence-corrected chi connectivity index (χ3v) is 4.20. The number of rotatable bonds is 1. The topological polar surface area (TPSA) is 15.3 Å². The van der Waals surface area contributed by atoms with Crippen LogP contribution in [0.5, 0.6) is 0 Å². The lowest BCUT2D eigenvalue weighted by Crippen LogP contribution is -2.64. The van der Waals surface area contributed by atoms with Gasteiger partial charge in [0.1, 0.15) is 0 Å². The van der Waals surface area contributed by atoms with Crippen LogP contribution in [-0.2, 0) is 0 Å². The largest absolute Gasteiger partial charge is 0.316 e. The SMILES string of the molecule is C1CCN(C2C3CNCC2C3)CC1. The van der Waals surface area contributed by atoms with Crippen LogP contribution in [0.25, 0.3) is 0 Å². The quantitative estimate of drug-likeness (QED) is 0.649. The van der Waals surface area contributed by atoms with Crippen molar-refractivity contribution in [2.75, 3.05) is 26.2 Å². The second-order valence-corrected chi connectivity index (χ2v) is 5.00. The molecule has 2 heterocycles. The summed E-state index contributed by atoms with van der Waals surface area (Å²) in [4.78, 5) is 2.78. The molecule has 2 unspecified atom stereocenters. The van der Waals surface area contributed by atoms with E-state index in [4.69, 9.17) is 0 Å². The fraction of sp³-hybridized carbons (Fsp3) is 1.00. The van der Waals surface area contributed by atoms with E-state index in [0.717, 1.165) is 17.9 Å². The van der Waals surface area contributed by atoms with Crippen molar-refractivity contribution in [3.8, 4) is 0 Å². The molecule has 2 nitrogen and oxygen atoms in total. The monoisotopic (exact) mass is 180 g/mol. The first-order chi connectivity index (χ1) is 6.45. The molecule has 1 saturated carbocycles. The molecule has 1 N–H and O–H groups in total. The molecule has 0 aromatic rings. The van der Waals surface area contributed by atoms with Gasteiger partial charge < -0.3 is 5.32 Å². The minimum atomic E-state index is 0.974. The molecule has 2 bridgehead atoms. The molecular weight excluding hydrogens is 160 g/mol. The van der Waals surface area contributed by atoms with E-state index in [2.05, 4.69) is 10.2 Å². The summed E-state index contributed by atoms with van der Waals surface area (Å²) in [6, 6.07) is 0.974. The summed E-state index contributed by atoms with van der Waals surface area (Å²) < 4.78 is 0. The van der Waals surface area contributed by atoms with E-state index in [0.29, 0.717) is 0 Å². The normalized spacial score (nSPS) is 45.7. The maximum absolute atomic E-state index is 3.53. The van der Waals surface area contributed by atoms with Crippen molar-refractivity contribution in [1.29, 1.82) is 0 Å². The van der Waals surface area contributed by atoms with Crippen LogP contribution < -0.4 is 5.32 Å². The molecule has 0 amide bonds. The first kappa shape index (κ1) is 8.25. The van der Waals surface area contributed by atoms with Gasteiger partial charge in [0.25, 0.3) is 0 Å². The lowest BCUT2D eigenvalue weighted by atomic mass is 9.66.